The van der Waals surface area contributed by atoms with Crippen LogP contribution in [0.15, 0.2) is 24.3 Å². The zero-order valence-corrected chi connectivity index (χ0v) is 11.7. The standard InChI is InChI=1S/C14H22ClNO/c1-4-10-16-11-14(3,5-2)17-13-9-7-6-8-12(13)15/h6-9,16H,4-5,10-11H2,1-3H3. The van der Waals surface area contributed by atoms with Gasteiger partial charge in [0.05, 0.1) is 5.02 Å². The molecule has 2 nitrogen and oxygen atoms in total. The number of para-hydroxylation sites is 1. The lowest BCUT2D eigenvalue weighted by Gasteiger charge is -2.30. The minimum atomic E-state index is -0.208. The zero-order chi connectivity index (χ0) is 12.7. The molecule has 3 heteroatoms. The van der Waals surface area contributed by atoms with Crippen LogP contribution in [0.3, 0.4) is 0 Å². The van der Waals surface area contributed by atoms with Crippen LogP contribution in [0.2, 0.25) is 5.02 Å². The summed E-state index contributed by atoms with van der Waals surface area (Å²) in [5.74, 6) is 0.761. The number of benzene rings is 1. The largest absolute Gasteiger partial charge is 0.485 e. The van der Waals surface area contributed by atoms with Crippen LogP contribution in [0, 0.1) is 0 Å². The van der Waals surface area contributed by atoms with Crippen molar-refractivity contribution in [3.05, 3.63) is 29.3 Å². The smallest absolute Gasteiger partial charge is 0.138 e. The highest BCUT2D eigenvalue weighted by molar-refractivity contribution is 6.32. The molecular formula is C14H22ClNO. The van der Waals surface area contributed by atoms with Gasteiger partial charge in [-0.25, -0.2) is 0 Å². The van der Waals surface area contributed by atoms with Crippen LogP contribution in [-0.4, -0.2) is 18.7 Å². The maximum atomic E-state index is 6.10. The molecule has 1 atom stereocenters. The second-order valence-corrected chi connectivity index (χ2v) is 4.92. The van der Waals surface area contributed by atoms with E-state index in [1.54, 1.807) is 0 Å². The van der Waals surface area contributed by atoms with Crippen molar-refractivity contribution in [3.8, 4) is 5.75 Å². The summed E-state index contributed by atoms with van der Waals surface area (Å²) < 4.78 is 6.03. The average Bonchev–Trinajstić information content (AvgIpc) is 2.33. The SMILES string of the molecule is CCCNCC(C)(CC)Oc1ccccc1Cl. The van der Waals surface area contributed by atoms with Crippen molar-refractivity contribution in [2.24, 2.45) is 0 Å². The maximum Gasteiger partial charge on any atom is 0.138 e. The molecule has 0 fully saturated rings. The lowest BCUT2D eigenvalue weighted by molar-refractivity contribution is 0.0839. The van der Waals surface area contributed by atoms with Crippen LogP contribution < -0.4 is 10.1 Å². The molecule has 0 aliphatic carbocycles. The van der Waals surface area contributed by atoms with Crippen molar-refractivity contribution >= 4 is 11.6 Å². The molecule has 1 N–H and O–H groups in total. The molecule has 96 valence electrons. The van der Waals surface area contributed by atoms with Crippen LogP contribution in [-0.2, 0) is 0 Å². The van der Waals surface area contributed by atoms with Crippen molar-refractivity contribution in [3.63, 3.8) is 0 Å². The molecule has 0 bridgehead atoms. The topological polar surface area (TPSA) is 21.3 Å². The quantitative estimate of drug-likeness (QED) is 0.747. The number of rotatable bonds is 7. The second-order valence-electron chi connectivity index (χ2n) is 4.51. The van der Waals surface area contributed by atoms with E-state index in [0.717, 1.165) is 31.7 Å². The Kier molecular flexibility index (Phi) is 5.79. The van der Waals surface area contributed by atoms with Crippen molar-refractivity contribution < 1.29 is 4.74 Å². The van der Waals surface area contributed by atoms with Gasteiger partial charge >= 0.3 is 0 Å². The van der Waals surface area contributed by atoms with E-state index in [2.05, 4.69) is 26.1 Å². The van der Waals surface area contributed by atoms with Gasteiger partial charge in [-0.15, -0.1) is 0 Å². The molecule has 0 aliphatic heterocycles. The first kappa shape index (κ1) is 14.3. The Morgan fingerprint density at radius 1 is 1.29 bits per heavy atom. The lowest BCUT2D eigenvalue weighted by Crippen LogP contribution is -2.42. The molecule has 1 aromatic rings. The highest BCUT2D eigenvalue weighted by atomic mass is 35.5. The summed E-state index contributed by atoms with van der Waals surface area (Å²) >= 11 is 6.10. The van der Waals surface area contributed by atoms with Crippen molar-refractivity contribution in [2.45, 2.75) is 39.2 Å². The number of ether oxygens (including phenoxy) is 1. The number of hydrogen-bond acceptors (Lipinski definition) is 2. The zero-order valence-electron chi connectivity index (χ0n) is 10.9. The minimum Gasteiger partial charge on any atom is -0.485 e. The van der Waals surface area contributed by atoms with E-state index in [1.165, 1.54) is 0 Å². The Morgan fingerprint density at radius 3 is 2.59 bits per heavy atom. The fraction of sp³-hybridized carbons (Fsp3) is 0.571. The van der Waals surface area contributed by atoms with E-state index in [4.69, 9.17) is 16.3 Å². The Hall–Kier alpha value is -0.730. The van der Waals surface area contributed by atoms with Gasteiger partial charge in [0.25, 0.3) is 0 Å². The van der Waals surface area contributed by atoms with Crippen LogP contribution in [0.4, 0.5) is 0 Å². The van der Waals surface area contributed by atoms with E-state index >= 15 is 0 Å². The Labute approximate surface area is 109 Å². The molecule has 0 amide bonds. The number of halogens is 1. The third kappa shape index (κ3) is 4.57. The molecule has 0 spiro atoms. The Balaban J connectivity index is 2.65. The van der Waals surface area contributed by atoms with Crippen LogP contribution in [0.5, 0.6) is 5.75 Å². The predicted molar refractivity (Wildman–Crippen MR) is 73.9 cm³/mol. The molecule has 1 rings (SSSR count). The minimum absolute atomic E-state index is 0.208. The summed E-state index contributed by atoms with van der Waals surface area (Å²) in [6, 6.07) is 7.62. The molecule has 0 aliphatic rings. The van der Waals surface area contributed by atoms with E-state index in [1.807, 2.05) is 24.3 Å². The summed E-state index contributed by atoms with van der Waals surface area (Å²) in [5.41, 5.74) is -0.208. The van der Waals surface area contributed by atoms with E-state index in [0.29, 0.717) is 5.02 Å². The first-order chi connectivity index (χ1) is 8.11. The summed E-state index contributed by atoms with van der Waals surface area (Å²) in [6.45, 7) is 8.25. The molecule has 1 unspecified atom stereocenters. The van der Waals surface area contributed by atoms with Gasteiger partial charge in [-0.2, -0.15) is 0 Å². The van der Waals surface area contributed by atoms with Crippen LogP contribution in [0.25, 0.3) is 0 Å². The van der Waals surface area contributed by atoms with Gasteiger partial charge in [0.1, 0.15) is 11.4 Å². The number of nitrogens with one attached hydrogen (secondary N) is 1. The van der Waals surface area contributed by atoms with E-state index in [-0.39, 0.29) is 5.60 Å². The van der Waals surface area contributed by atoms with Crippen molar-refractivity contribution in [2.75, 3.05) is 13.1 Å². The highest BCUT2D eigenvalue weighted by Crippen LogP contribution is 2.28. The van der Waals surface area contributed by atoms with Crippen molar-refractivity contribution in [1.29, 1.82) is 0 Å². The average molecular weight is 256 g/mol. The number of hydrogen-bond donors (Lipinski definition) is 1. The molecule has 0 radical (unpaired) electrons. The normalized spacial score (nSPS) is 14.4. The molecule has 0 saturated heterocycles. The fourth-order valence-electron chi connectivity index (χ4n) is 1.56. The molecule has 17 heavy (non-hydrogen) atoms. The summed E-state index contributed by atoms with van der Waals surface area (Å²) in [6.07, 6.45) is 2.07. The van der Waals surface area contributed by atoms with Crippen molar-refractivity contribution in [1.82, 2.24) is 5.32 Å². The molecular weight excluding hydrogens is 234 g/mol. The molecule has 0 saturated carbocycles. The Bertz CT molecular complexity index is 343. The van der Waals surface area contributed by atoms with Gasteiger partial charge in [-0.3, -0.25) is 0 Å². The molecule has 0 heterocycles. The third-order valence-corrected chi connectivity index (χ3v) is 3.18. The lowest BCUT2D eigenvalue weighted by atomic mass is 10.0. The second kappa shape index (κ2) is 6.87. The first-order valence-electron chi connectivity index (χ1n) is 6.25. The molecule has 1 aromatic carbocycles. The highest BCUT2D eigenvalue weighted by Gasteiger charge is 2.24. The summed E-state index contributed by atoms with van der Waals surface area (Å²) in [5, 5.41) is 4.07. The predicted octanol–water partition coefficient (Wildman–Crippen LogP) is 3.89. The monoisotopic (exact) mass is 255 g/mol. The van der Waals surface area contributed by atoms with E-state index in [9.17, 15) is 0 Å². The van der Waals surface area contributed by atoms with Gasteiger partial charge in [-0.1, -0.05) is 37.6 Å². The van der Waals surface area contributed by atoms with Gasteiger partial charge in [-0.05, 0) is 38.4 Å². The molecule has 0 aromatic heterocycles. The maximum absolute atomic E-state index is 6.10. The summed E-state index contributed by atoms with van der Waals surface area (Å²) in [4.78, 5) is 0. The van der Waals surface area contributed by atoms with Gasteiger partial charge in [0.2, 0.25) is 0 Å². The first-order valence-corrected chi connectivity index (χ1v) is 6.63. The fourth-order valence-corrected chi connectivity index (χ4v) is 1.73. The van der Waals surface area contributed by atoms with Gasteiger partial charge in [0, 0.05) is 6.54 Å². The van der Waals surface area contributed by atoms with Gasteiger partial charge in [0.15, 0.2) is 0 Å². The van der Waals surface area contributed by atoms with Gasteiger partial charge < -0.3 is 10.1 Å². The van der Waals surface area contributed by atoms with E-state index < -0.39 is 0 Å². The summed E-state index contributed by atoms with van der Waals surface area (Å²) in [7, 11) is 0. The van der Waals surface area contributed by atoms with Crippen LogP contribution in [0.1, 0.15) is 33.6 Å². The van der Waals surface area contributed by atoms with Crippen LogP contribution >= 0.6 is 11.6 Å². The third-order valence-electron chi connectivity index (χ3n) is 2.87. The Morgan fingerprint density at radius 2 is 2.00 bits per heavy atom.